The number of benzene rings is 4. The van der Waals surface area contributed by atoms with E-state index < -0.39 is 11.8 Å². The lowest BCUT2D eigenvalue weighted by Crippen LogP contribution is -2.30. The third-order valence-electron chi connectivity index (χ3n) is 6.48. The van der Waals surface area contributed by atoms with Gasteiger partial charge in [0.15, 0.2) is 17.3 Å². The second-order valence-electron chi connectivity index (χ2n) is 9.34. The van der Waals surface area contributed by atoms with E-state index >= 15 is 0 Å². The summed E-state index contributed by atoms with van der Waals surface area (Å²) in [5.41, 5.74) is 2.62. The zero-order chi connectivity index (χ0) is 31.5. The minimum Gasteiger partial charge on any atom is -0.497 e. The number of ether oxygens (including phenoxy) is 4. The van der Waals surface area contributed by atoms with Crippen LogP contribution in [0.5, 0.6) is 23.0 Å². The monoisotopic (exact) mass is 592 g/mol. The zero-order valence-corrected chi connectivity index (χ0v) is 24.8. The summed E-state index contributed by atoms with van der Waals surface area (Å²) in [6.45, 7) is 0. The van der Waals surface area contributed by atoms with Crippen LogP contribution in [0.4, 0.5) is 5.69 Å². The molecule has 4 rings (SSSR count). The second-order valence-corrected chi connectivity index (χ2v) is 9.34. The van der Waals surface area contributed by atoms with Crippen LogP contribution in [0.15, 0.2) is 103 Å². The molecule has 0 heterocycles. The third-order valence-corrected chi connectivity index (χ3v) is 6.48. The molecule has 0 radical (unpaired) electrons. The number of nitrogens with one attached hydrogen (secondary N) is 2. The third kappa shape index (κ3) is 7.92. The lowest BCUT2D eigenvalue weighted by molar-refractivity contribution is -0.113. The molecule has 0 aliphatic rings. The molecular formula is C35H32N2O7. The number of methoxy groups -OCH3 is 4. The first kappa shape index (κ1) is 31.1. The molecule has 0 saturated carbocycles. The molecule has 224 valence electrons. The molecule has 4 aromatic carbocycles. The van der Waals surface area contributed by atoms with Crippen LogP contribution < -0.4 is 29.6 Å². The Morgan fingerprint density at radius 3 is 1.95 bits per heavy atom. The smallest absolute Gasteiger partial charge is 0.272 e. The summed E-state index contributed by atoms with van der Waals surface area (Å²) in [4.78, 5) is 39.1. The van der Waals surface area contributed by atoms with Crippen LogP contribution in [0, 0.1) is 0 Å². The fraction of sp³-hybridized carbons (Fsp3) is 0.114. The topological polar surface area (TPSA) is 112 Å². The van der Waals surface area contributed by atoms with Crippen molar-refractivity contribution in [1.29, 1.82) is 0 Å². The van der Waals surface area contributed by atoms with Gasteiger partial charge in [-0.25, -0.2) is 0 Å². The van der Waals surface area contributed by atoms with Gasteiger partial charge in [-0.2, -0.15) is 0 Å². The molecule has 4 aromatic rings. The van der Waals surface area contributed by atoms with Crippen molar-refractivity contribution < 1.29 is 33.3 Å². The van der Waals surface area contributed by atoms with E-state index in [0.717, 1.165) is 0 Å². The van der Waals surface area contributed by atoms with Crippen molar-refractivity contribution >= 4 is 35.4 Å². The van der Waals surface area contributed by atoms with Crippen molar-refractivity contribution in [1.82, 2.24) is 5.32 Å². The highest BCUT2D eigenvalue weighted by atomic mass is 16.5. The molecular weight excluding hydrogens is 560 g/mol. The number of carbonyl (C=O) groups excluding carboxylic acids is 3. The quantitative estimate of drug-likeness (QED) is 0.153. The molecule has 0 aromatic heterocycles. The maximum atomic E-state index is 13.3. The number of amides is 2. The summed E-state index contributed by atoms with van der Waals surface area (Å²) >= 11 is 0. The van der Waals surface area contributed by atoms with E-state index in [4.69, 9.17) is 18.9 Å². The van der Waals surface area contributed by atoms with Gasteiger partial charge in [0.2, 0.25) is 5.75 Å². The van der Waals surface area contributed by atoms with Crippen LogP contribution in [-0.2, 0) is 4.79 Å². The van der Waals surface area contributed by atoms with Gasteiger partial charge in [0.1, 0.15) is 11.4 Å². The molecule has 0 spiro atoms. The first-order valence-corrected chi connectivity index (χ1v) is 13.5. The molecule has 44 heavy (non-hydrogen) atoms. The summed E-state index contributed by atoms with van der Waals surface area (Å²) in [5, 5.41) is 5.49. The van der Waals surface area contributed by atoms with E-state index in [2.05, 4.69) is 10.6 Å². The van der Waals surface area contributed by atoms with Gasteiger partial charge < -0.3 is 29.6 Å². The van der Waals surface area contributed by atoms with E-state index in [1.807, 2.05) is 0 Å². The van der Waals surface area contributed by atoms with Crippen molar-refractivity contribution in [3.05, 3.63) is 125 Å². The van der Waals surface area contributed by atoms with Gasteiger partial charge in [-0.1, -0.05) is 36.4 Å². The van der Waals surface area contributed by atoms with Crippen molar-refractivity contribution in [3.8, 4) is 23.0 Å². The highest BCUT2D eigenvalue weighted by molar-refractivity contribution is 6.11. The van der Waals surface area contributed by atoms with E-state index in [1.165, 1.54) is 27.4 Å². The van der Waals surface area contributed by atoms with E-state index in [1.54, 1.807) is 110 Å². The van der Waals surface area contributed by atoms with Gasteiger partial charge >= 0.3 is 0 Å². The van der Waals surface area contributed by atoms with Crippen LogP contribution in [0.1, 0.15) is 31.8 Å². The maximum Gasteiger partial charge on any atom is 0.272 e. The molecule has 0 unspecified atom stereocenters. The molecule has 0 atom stereocenters. The van der Waals surface area contributed by atoms with Crippen molar-refractivity contribution in [2.75, 3.05) is 33.8 Å². The predicted octanol–water partition coefficient (Wildman–Crippen LogP) is 6.03. The first-order chi connectivity index (χ1) is 21.3. The molecule has 0 saturated heterocycles. The van der Waals surface area contributed by atoms with Crippen LogP contribution in [0.25, 0.3) is 12.2 Å². The van der Waals surface area contributed by atoms with Crippen molar-refractivity contribution in [2.24, 2.45) is 0 Å². The van der Waals surface area contributed by atoms with Crippen LogP contribution >= 0.6 is 0 Å². The van der Waals surface area contributed by atoms with Gasteiger partial charge in [0.05, 0.1) is 28.4 Å². The van der Waals surface area contributed by atoms with Crippen LogP contribution in [0.2, 0.25) is 0 Å². The Kier molecular flexibility index (Phi) is 10.5. The SMILES string of the molecule is COc1cccc(/C=C(\NC(=O)c2ccccc2)C(=O)Nc2ccc(C(=O)/C=C/c3cc(OC)c(OC)c(OC)c3)cc2)c1. The van der Waals surface area contributed by atoms with Crippen LogP contribution in [-0.4, -0.2) is 46.0 Å². The molecule has 0 aliphatic carbocycles. The largest absolute Gasteiger partial charge is 0.497 e. The summed E-state index contributed by atoms with van der Waals surface area (Å²) in [7, 11) is 6.10. The molecule has 2 amide bonds. The summed E-state index contributed by atoms with van der Waals surface area (Å²) in [6, 6.07) is 25.6. The summed E-state index contributed by atoms with van der Waals surface area (Å²) < 4.78 is 21.4. The lowest BCUT2D eigenvalue weighted by atomic mass is 10.1. The Balaban J connectivity index is 1.50. The predicted molar refractivity (Wildman–Crippen MR) is 169 cm³/mol. The Morgan fingerprint density at radius 2 is 1.34 bits per heavy atom. The Bertz CT molecular complexity index is 1670. The average Bonchev–Trinajstić information content (AvgIpc) is 3.07. The average molecular weight is 593 g/mol. The number of carbonyl (C=O) groups is 3. The van der Waals surface area contributed by atoms with Gasteiger partial charge in [-0.05, 0) is 83.9 Å². The lowest BCUT2D eigenvalue weighted by Gasteiger charge is -2.12. The number of hydrogen-bond acceptors (Lipinski definition) is 7. The number of rotatable bonds is 12. The number of anilines is 1. The highest BCUT2D eigenvalue weighted by Crippen LogP contribution is 2.38. The van der Waals surface area contributed by atoms with Crippen molar-refractivity contribution in [3.63, 3.8) is 0 Å². The minimum atomic E-state index is -0.543. The molecule has 9 nitrogen and oxygen atoms in total. The Labute approximate surface area is 255 Å². The fourth-order valence-corrected chi connectivity index (χ4v) is 4.22. The van der Waals surface area contributed by atoms with Gasteiger partial charge in [-0.3, -0.25) is 14.4 Å². The molecule has 2 N–H and O–H groups in total. The Hall–Kier alpha value is -5.83. The molecule has 0 bridgehead atoms. The van der Waals surface area contributed by atoms with Gasteiger partial charge in [-0.15, -0.1) is 0 Å². The Morgan fingerprint density at radius 1 is 0.659 bits per heavy atom. The van der Waals surface area contributed by atoms with E-state index in [9.17, 15) is 14.4 Å². The minimum absolute atomic E-state index is 0.0283. The standard InChI is InChI=1S/C35H32N2O7/c1-41-28-12-8-9-23(19-28)20-29(37-34(39)26-10-6-5-7-11-26)35(40)36-27-16-14-25(15-17-27)30(38)18-13-24-21-31(42-2)33(44-4)32(22-24)43-3/h5-22H,1-4H3,(H,36,40)(H,37,39)/b18-13+,29-20-. The zero-order valence-electron chi connectivity index (χ0n) is 24.8. The number of allylic oxidation sites excluding steroid dienone is 1. The van der Waals surface area contributed by atoms with E-state index in [0.29, 0.717) is 50.9 Å². The highest BCUT2D eigenvalue weighted by Gasteiger charge is 2.16. The fourth-order valence-electron chi connectivity index (χ4n) is 4.22. The first-order valence-electron chi connectivity index (χ1n) is 13.5. The van der Waals surface area contributed by atoms with E-state index in [-0.39, 0.29) is 11.5 Å². The van der Waals surface area contributed by atoms with Crippen LogP contribution in [0.3, 0.4) is 0 Å². The normalized spacial score (nSPS) is 11.0. The van der Waals surface area contributed by atoms with Gasteiger partial charge in [0, 0.05) is 16.8 Å². The second kappa shape index (κ2) is 14.9. The number of hydrogen-bond donors (Lipinski definition) is 2. The molecule has 9 heteroatoms. The summed E-state index contributed by atoms with van der Waals surface area (Å²) in [5.74, 6) is 0.779. The molecule has 0 fully saturated rings. The van der Waals surface area contributed by atoms with Gasteiger partial charge in [0.25, 0.3) is 11.8 Å². The summed E-state index contributed by atoms with van der Waals surface area (Å²) in [6.07, 6.45) is 4.64. The maximum absolute atomic E-state index is 13.3. The molecule has 0 aliphatic heterocycles. The number of ketones is 1. The van der Waals surface area contributed by atoms with Crippen molar-refractivity contribution in [2.45, 2.75) is 0 Å².